The van der Waals surface area contributed by atoms with Gasteiger partial charge in [-0.1, -0.05) is 51.2 Å². The Balaban J connectivity index is 3.12. The fraction of sp³-hybridized carbons (Fsp3) is 0.250. The average molecular weight is 610 g/mol. The quantitative estimate of drug-likeness (QED) is 0.334. The van der Waals surface area contributed by atoms with Crippen LogP contribution in [0.15, 0.2) is 18.2 Å². The van der Waals surface area contributed by atoms with E-state index < -0.39 is 0 Å². The summed E-state index contributed by atoms with van der Waals surface area (Å²) in [6.45, 7) is 0. The number of hydrogen-bond donors (Lipinski definition) is 0. The summed E-state index contributed by atoms with van der Waals surface area (Å²) in [5, 5.41) is 0. The van der Waals surface area contributed by atoms with Gasteiger partial charge in [0.15, 0.2) is 0 Å². The molecule has 0 amide bonds. The van der Waals surface area contributed by atoms with Crippen LogP contribution < -0.4 is 0 Å². The second kappa shape index (κ2) is 5.89. The lowest BCUT2D eigenvalue weighted by Gasteiger charge is -2.11. The van der Waals surface area contributed by atoms with Crippen LogP contribution in [0.25, 0.3) is 0 Å². The standard InChI is InChI=1S/C8H6I4/c9-4-7(12)8-5(10)2-1-3-6(8)11/h1-3,7H,4H2. The van der Waals surface area contributed by atoms with Gasteiger partial charge in [-0.2, -0.15) is 0 Å². The Morgan fingerprint density at radius 1 is 1.17 bits per heavy atom. The lowest BCUT2D eigenvalue weighted by molar-refractivity contribution is 1.15. The van der Waals surface area contributed by atoms with Gasteiger partial charge < -0.3 is 0 Å². The van der Waals surface area contributed by atoms with Crippen molar-refractivity contribution in [3.63, 3.8) is 0 Å². The van der Waals surface area contributed by atoms with Crippen LogP contribution in [0.3, 0.4) is 0 Å². The predicted octanol–water partition coefficient (Wildman–Crippen LogP) is 4.81. The molecule has 1 atom stereocenters. The third-order valence-electron chi connectivity index (χ3n) is 1.45. The Kier molecular flexibility index (Phi) is 5.99. The molecule has 0 spiro atoms. The van der Waals surface area contributed by atoms with Crippen molar-refractivity contribution >= 4 is 90.4 Å². The summed E-state index contributed by atoms with van der Waals surface area (Å²) in [6.07, 6.45) is 0. The summed E-state index contributed by atoms with van der Waals surface area (Å²) in [5.41, 5.74) is 1.49. The van der Waals surface area contributed by atoms with Crippen molar-refractivity contribution in [2.24, 2.45) is 0 Å². The van der Waals surface area contributed by atoms with E-state index in [1.54, 1.807) is 0 Å². The van der Waals surface area contributed by atoms with Crippen molar-refractivity contribution in [1.29, 1.82) is 0 Å². The van der Waals surface area contributed by atoms with Gasteiger partial charge in [0.05, 0.1) is 0 Å². The van der Waals surface area contributed by atoms with E-state index in [1.165, 1.54) is 17.1 Å². The van der Waals surface area contributed by atoms with E-state index in [1.807, 2.05) is 0 Å². The van der Waals surface area contributed by atoms with Gasteiger partial charge >= 0.3 is 0 Å². The van der Waals surface area contributed by atoms with Crippen LogP contribution in [0.5, 0.6) is 0 Å². The molecule has 1 rings (SSSR count). The third-order valence-corrected chi connectivity index (χ3v) is 6.96. The van der Waals surface area contributed by atoms with E-state index in [0.29, 0.717) is 3.92 Å². The minimum absolute atomic E-state index is 0.642. The highest BCUT2D eigenvalue weighted by atomic mass is 127. The Labute approximate surface area is 127 Å². The minimum Gasteiger partial charge on any atom is -0.0849 e. The molecule has 66 valence electrons. The molecule has 0 heterocycles. The summed E-state index contributed by atoms with van der Waals surface area (Å²) >= 11 is 9.76. The van der Waals surface area contributed by atoms with Crippen molar-refractivity contribution in [3.05, 3.63) is 30.9 Å². The molecule has 0 aliphatic rings. The van der Waals surface area contributed by atoms with Crippen molar-refractivity contribution in [2.75, 3.05) is 4.43 Å². The number of alkyl halides is 2. The Bertz CT molecular complexity index is 252. The van der Waals surface area contributed by atoms with Crippen molar-refractivity contribution in [2.45, 2.75) is 3.92 Å². The van der Waals surface area contributed by atoms with E-state index in [9.17, 15) is 0 Å². The highest BCUT2D eigenvalue weighted by Gasteiger charge is 2.12. The van der Waals surface area contributed by atoms with Crippen LogP contribution in [0.1, 0.15) is 9.49 Å². The number of rotatable bonds is 2. The molecular weight excluding hydrogens is 604 g/mol. The van der Waals surface area contributed by atoms with E-state index in [4.69, 9.17) is 0 Å². The molecule has 1 aromatic rings. The highest BCUT2D eigenvalue weighted by Crippen LogP contribution is 2.32. The first kappa shape index (κ1) is 12.2. The van der Waals surface area contributed by atoms with E-state index in [2.05, 4.69) is 109 Å². The fourth-order valence-electron chi connectivity index (χ4n) is 0.887. The molecule has 0 fully saturated rings. The third kappa shape index (κ3) is 3.07. The van der Waals surface area contributed by atoms with Gasteiger partial charge in [-0.3, -0.25) is 0 Å². The van der Waals surface area contributed by atoms with Crippen LogP contribution in [0.4, 0.5) is 0 Å². The van der Waals surface area contributed by atoms with Gasteiger partial charge in [0.25, 0.3) is 0 Å². The minimum atomic E-state index is 0.642. The molecule has 0 bridgehead atoms. The van der Waals surface area contributed by atoms with Gasteiger partial charge in [0.2, 0.25) is 0 Å². The van der Waals surface area contributed by atoms with Crippen molar-refractivity contribution < 1.29 is 0 Å². The second-order valence-electron chi connectivity index (χ2n) is 2.26. The molecule has 4 heteroatoms. The zero-order valence-corrected chi connectivity index (χ0v) is 14.7. The van der Waals surface area contributed by atoms with Crippen LogP contribution in [-0.4, -0.2) is 4.43 Å². The van der Waals surface area contributed by atoms with Gasteiger partial charge in [0, 0.05) is 15.5 Å². The molecule has 12 heavy (non-hydrogen) atoms. The van der Waals surface area contributed by atoms with Crippen LogP contribution in [0, 0.1) is 7.14 Å². The first-order valence-corrected chi connectivity index (χ1v) is 8.23. The van der Waals surface area contributed by atoms with Crippen molar-refractivity contribution in [1.82, 2.24) is 0 Å². The largest absolute Gasteiger partial charge is 0.0849 e. The maximum Gasteiger partial charge on any atom is 0.0469 e. The average Bonchev–Trinajstić information content (AvgIpc) is 2.03. The topological polar surface area (TPSA) is 0 Å². The predicted molar refractivity (Wildman–Crippen MR) is 87.5 cm³/mol. The Morgan fingerprint density at radius 3 is 2.08 bits per heavy atom. The molecule has 1 aromatic carbocycles. The van der Waals surface area contributed by atoms with E-state index in [0.717, 1.165) is 0 Å². The molecule has 0 aliphatic carbocycles. The summed E-state index contributed by atoms with van der Waals surface area (Å²) in [6, 6.07) is 6.47. The lowest BCUT2D eigenvalue weighted by atomic mass is 10.2. The van der Waals surface area contributed by atoms with Crippen LogP contribution in [0.2, 0.25) is 0 Å². The smallest absolute Gasteiger partial charge is 0.0469 e. The molecule has 0 N–H and O–H groups in total. The van der Waals surface area contributed by atoms with E-state index in [-0.39, 0.29) is 0 Å². The van der Waals surface area contributed by atoms with Gasteiger partial charge in [-0.05, 0) is 62.9 Å². The van der Waals surface area contributed by atoms with Crippen molar-refractivity contribution in [3.8, 4) is 0 Å². The van der Waals surface area contributed by atoms with Gasteiger partial charge in [-0.25, -0.2) is 0 Å². The molecule has 0 nitrogen and oxygen atoms in total. The van der Waals surface area contributed by atoms with E-state index >= 15 is 0 Å². The molecule has 0 saturated heterocycles. The zero-order valence-electron chi connectivity index (χ0n) is 6.03. The lowest BCUT2D eigenvalue weighted by Crippen LogP contribution is -1.97. The summed E-state index contributed by atoms with van der Waals surface area (Å²) in [5.74, 6) is 0. The Hall–Kier alpha value is 2.14. The van der Waals surface area contributed by atoms with Crippen LogP contribution in [-0.2, 0) is 0 Å². The first-order chi connectivity index (χ1) is 5.66. The molecule has 1 unspecified atom stereocenters. The monoisotopic (exact) mass is 610 g/mol. The first-order valence-electron chi connectivity index (χ1n) is 3.30. The summed E-state index contributed by atoms with van der Waals surface area (Å²) in [7, 11) is 0. The fourth-order valence-corrected chi connectivity index (χ4v) is 5.45. The maximum absolute atomic E-state index is 2.51. The second-order valence-corrected chi connectivity index (χ2v) is 6.97. The van der Waals surface area contributed by atoms with Gasteiger partial charge in [-0.15, -0.1) is 0 Å². The molecule has 0 aromatic heterocycles. The zero-order chi connectivity index (χ0) is 9.14. The number of benzene rings is 1. The SMILES string of the molecule is ICC(I)c1c(I)cccc1I. The number of hydrogen-bond acceptors (Lipinski definition) is 0. The molecule has 0 aliphatic heterocycles. The molecule has 0 saturated carbocycles. The van der Waals surface area contributed by atoms with Gasteiger partial charge in [0.1, 0.15) is 0 Å². The highest BCUT2D eigenvalue weighted by molar-refractivity contribution is 14.1. The molecule has 0 radical (unpaired) electrons. The normalized spacial score (nSPS) is 13.0. The summed E-state index contributed by atoms with van der Waals surface area (Å²) in [4.78, 5) is 0. The Morgan fingerprint density at radius 2 is 1.67 bits per heavy atom. The number of halogens is 4. The molecular formula is C8H6I4. The summed E-state index contributed by atoms with van der Waals surface area (Å²) < 4.78 is 4.59. The van der Waals surface area contributed by atoms with Crippen LogP contribution >= 0.6 is 90.4 Å². The maximum atomic E-state index is 2.51.